The molecule has 1 aromatic carbocycles. The number of nitrogens with zero attached hydrogens (tertiary/aromatic N) is 1. The molecule has 0 aliphatic rings. The molecule has 0 saturated carbocycles. The highest BCUT2D eigenvalue weighted by Crippen LogP contribution is 2.13. The molecule has 106 valence electrons. The SMILES string of the molecule is O=S(=O)(CCc1ccccn1)Nc1ccc(CCl)cc1. The highest BCUT2D eigenvalue weighted by atomic mass is 35.5. The van der Waals surface area contributed by atoms with Gasteiger partial charge in [-0.05, 0) is 29.8 Å². The van der Waals surface area contributed by atoms with Crippen molar-refractivity contribution in [3.63, 3.8) is 0 Å². The molecule has 1 N–H and O–H groups in total. The fraction of sp³-hybridized carbons (Fsp3) is 0.214. The van der Waals surface area contributed by atoms with Gasteiger partial charge < -0.3 is 0 Å². The van der Waals surface area contributed by atoms with Crippen LogP contribution in [0.25, 0.3) is 0 Å². The number of hydrogen-bond donors (Lipinski definition) is 1. The lowest BCUT2D eigenvalue weighted by Crippen LogP contribution is -2.18. The fourth-order valence-electron chi connectivity index (χ4n) is 1.68. The van der Waals surface area contributed by atoms with Gasteiger partial charge in [0.1, 0.15) is 0 Å². The first-order chi connectivity index (χ1) is 9.59. The Bertz CT molecular complexity index is 643. The van der Waals surface area contributed by atoms with Crippen LogP contribution in [0.1, 0.15) is 11.3 Å². The summed E-state index contributed by atoms with van der Waals surface area (Å²) in [4.78, 5) is 4.10. The molecule has 6 heteroatoms. The van der Waals surface area contributed by atoms with Crippen LogP contribution in [-0.4, -0.2) is 19.2 Å². The highest BCUT2D eigenvalue weighted by Gasteiger charge is 2.11. The zero-order valence-corrected chi connectivity index (χ0v) is 12.4. The monoisotopic (exact) mass is 310 g/mol. The second-order valence-electron chi connectivity index (χ2n) is 4.32. The molecule has 0 unspecified atom stereocenters. The van der Waals surface area contributed by atoms with E-state index in [9.17, 15) is 8.42 Å². The summed E-state index contributed by atoms with van der Waals surface area (Å²) in [6, 6.07) is 12.5. The number of nitrogens with one attached hydrogen (secondary N) is 1. The summed E-state index contributed by atoms with van der Waals surface area (Å²) in [5, 5.41) is 0. The van der Waals surface area contributed by atoms with Gasteiger partial charge in [-0.2, -0.15) is 0 Å². The topological polar surface area (TPSA) is 59.1 Å². The second-order valence-corrected chi connectivity index (χ2v) is 6.43. The number of alkyl halides is 1. The number of rotatable bonds is 6. The van der Waals surface area contributed by atoms with Crippen LogP contribution < -0.4 is 4.72 Å². The summed E-state index contributed by atoms with van der Waals surface area (Å²) in [7, 11) is -3.38. The van der Waals surface area contributed by atoms with Crippen LogP contribution in [0.15, 0.2) is 48.7 Å². The number of sulfonamides is 1. The Balaban J connectivity index is 1.96. The Morgan fingerprint density at radius 1 is 1.10 bits per heavy atom. The number of aryl methyl sites for hydroxylation is 1. The van der Waals surface area contributed by atoms with Gasteiger partial charge in [-0.1, -0.05) is 18.2 Å². The first-order valence-electron chi connectivity index (χ1n) is 6.14. The lowest BCUT2D eigenvalue weighted by Gasteiger charge is -2.08. The van der Waals surface area contributed by atoms with Crippen LogP contribution in [-0.2, 0) is 22.3 Å². The first-order valence-corrected chi connectivity index (χ1v) is 8.33. The maximum Gasteiger partial charge on any atom is 0.233 e. The van der Waals surface area contributed by atoms with Crippen LogP contribution in [0, 0.1) is 0 Å². The van der Waals surface area contributed by atoms with Gasteiger partial charge in [0.2, 0.25) is 10.0 Å². The quantitative estimate of drug-likeness (QED) is 0.835. The Morgan fingerprint density at radius 3 is 2.45 bits per heavy atom. The standard InChI is InChI=1S/C14H15ClN2O2S/c15-11-12-4-6-14(7-5-12)17-20(18,19)10-8-13-3-1-2-9-16-13/h1-7,9,17H,8,10-11H2. The average molecular weight is 311 g/mol. The van der Waals surface area contributed by atoms with Crippen molar-refractivity contribution in [1.29, 1.82) is 0 Å². The van der Waals surface area contributed by atoms with E-state index >= 15 is 0 Å². The van der Waals surface area contributed by atoms with E-state index in [0.717, 1.165) is 11.3 Å². The van der Waals surface area contributed by atoms with Gasteiger partial charge in [-0.15, -0.1) is 11.6 Å². The minimum Gasteiger partial charge on any atom is -0.284 e. The van der Waals surface area contributed by atoms with E-state index in [1.807, 2.05) is 12.1 Å². The van der Waals surface area contributed by atoms with Gasteiger partial charge in [0.25, 0.3) is 0 Å². The van der Waals surface area contributed by atoms with Crippen molar-refractivity contribution in [2.24, 2.45) is 0 Å². The van der Waals surface area contributed by atoms with Gasteiger partial charge in [0.15, 0.2) is 0 Å². The molecule has 0 spiro atoms. The smallest absolute Gasteiger partial charge is 0.233 e. The van der Waals surface area contributed by atoms with Crippen molar-refractivity contribution in [2.75, 3.05) is 10.5 Å². The molecule has 0 saturated heterocycles. The average Bonchev–Trinajstić information content (AvgIpc) is 2.47. The molecule has 0 aliphatic carbocycles. The molecule has 2 rings (SSSR count). The lowest BCUT2D eigenvalue weighted by atomic mass is 10.2. The summed E-state index contributed by atoms with van der Waals surface area (Å²) < 4.78 is 26.5. The van der Waals surface area contributed by atoms with Crippen molar-refractivity contribution in [3.8, 4) is 0 Å². The maximum atomic E-state index is 12.0. The van der Waals surface area contributed by atoms with E-state index in [1.54, 1.807) is 36.5 Å². The largest absolute Gasteiger partial charge is 0.284 e. The lowest BCUT2D eigenvalue weighted by molar-refractivity contribution is 0.600. The minimum atomic E-state index is -3.38. The fourth-order valence-corrected chi connectivity index (χ4v) is 2.93. The van der Waals surface area contributed by atoms with E-state index < -0.39 is 10.0 Å². The molecule has 0 bridgehead atoms. The number of pyridine rings is 1. The van der Waals surface area contributed by atoms with E-state index in [2.05, 4.69) is 9.71 Å². The van der Waals surface area contributed by atoms with Crippen molar-refractivity contribution in [2.45, 2.75) is 12.3 Å². The van der Waals surface area contributed by atoms with Crippen LogP contribution in [0.2, 0.25) is 0 Å². The third kappa shape index (κ3) is 4.51. The molecule has 1 heterocycles. The van der Waals surface area contributed by atoms with E-state index in [-0.39, 0.29) is 5.75 Å². The summed E-state index contributed by atoms with van der Waals surface area (Å²) in [6.07, 6.45) is 2.04. The third-order valence-corrected chi connectivity index (χ3v) is 4.33. The Hall–Kier alpha value is -1.59. The zero-order chi connectivity index (χ0) is 14.4. The molecule has 20 heavy (non-hydrogen) atoms. The van der Waals surface area contributed by atoms with Crippen LogP contribution >= 0.6 is 11.6 Å². The summed E-state index contributed by atoms with van der Waals surface area (Å²) in [5.41, 5.74) is 2.25. The predicted molar refractivity (Wildman–Crippen MR) is 81.3 cm³/mol. The Labute approximate surface area is 123 Å². The molecule has 4 nitrogen and oxygen atoms in total. The summed E-state index contributed by atoms with van der Waals surface area (Å²) in [5.74, 6) is 0.411. The van der Waals surface area contributed by atoms with Gasteiger partial charge in [-0.3, -0.25) is 9.71 Å². The summed E-state index contributed by atoms with van der Waals surface area (Å²) in [6.45, 7) is 0. The molecule has 0 radical (unpaired) electrons. The van der Waals surface area contributed by atoms with Gasteiger partial charge in [0, 0.05) is 29.9 Å². The molecule has 0 amide bonds. The molecule has 0 atom stereocenters. The second kappa shape index (κ2) is 6.72. The van der Waals surface area contributed by atoms with Crippen LogP contribution in [0.3, 0.4) is 0 Å². The van der Waals surface area contributed by atoms with Crippen molar-refractivity contribution in [1.82, 2.24) is 4.98 Å². The van der Waals surface area contributed by atoms with Crippen LogP contribution in [0.5, 0.6) is 0 Å². The predicted octanol–water partition coefficient (Wildman–Crippen LogP) is 2.80. The van der Waals surface area contributed by atoms with Crippen molar-refractivity contribution in [3.05, 3.63) is 59.9 Å². The molecule has 1 aromatic heterocycles. The van der Waals surface area contributed by atoms with Gasteiger partial charge >= 0.3 is 0 Å². The first kappa shape index (κ1) is 14.8. The van der Waals surface area contributed by atoms with Gasteiger partial charge in [0.05, 0.1) is 5.75 Å². The molecule has 0 fully saturated rings. The zero-order valence-electron chi connectivity index (χ0n) is 10.8. The normalized spacial score (nSPS) is 11.2. The van der Waals surface area contributed by atoms with Crippen molar-refractivity contribution >= 4 is 27.3 Å². The number of hydrogen-bond acceptors (Lipinski definition) is 3. The minimum absolute atomic E-state index is 0.00126. The Kier molecular flexibility index (Phi) is 4.98. The molecular weight excluding hydrogens is 296 g/mol. The Morgan fingerprint density at radius 2 is 1.85 bits per heavy atom. The van der Waals surface area contributed by atoms with E-state index in [0.29, 0.717) is 18.0 Å². The summed E-state index contributed by atoms with van der Waals surface area (Å²) >= 11 is 5.68. The van der Waals surface area contributed by atoms with Crippen LogP contribution in [0.4, 0.5) is 5.69 Å². The number of anilines is 1. The maximum absolute atomic E-state index is 12.0. The van der Waals surface area contributed by atoms with E-state index in [4.69, 9.17) is 11.6 Å². The number of aromatic nitrogens is 1. The van der Waals surface area contributed by atoms with Crippen molar-refractivity contribution < 1.29 is 8.42 Å². The number of benzene rings is 1. The molecular formula is C14H15ClN2O2S. The highest BCUT2D eigenvalue weighted by molar-refractivity contribution is 7.92. The molecule has 2 aromatic rings. The number of halogens is 1. The van der Waals surface area contributed by atoms with E-state index in [1.165, 1.54) is 0 Å². The third-order valence-electron chi connectivity index (χ3n) is 2.73. The van der Waals surface area contributed by atoms with Gasteiger partial charge in [-0.25, -0.2) is 8.42 Å². The molecule has 0 aliphatic heterocycles.